The summed E-state index contributed by atoms with van der Waals surface area (Å²) in [5, 5.41) is 26.6. The Bertz CT molecular complexity index is 1710. The Morgan fingerprint density at radius 2 is 1.81 bits per heavy atom. The molecule has 0 spiro atoms. The molecule has 4 aromatic rings. The molecule has 2 aliphatic carbocycles. The zero-order chi connectivity index (χ0) is 30.4. The summed E-state index contributed by atoms with van der Waals surface area (Å²) in [7, 11) is 0. The van der Waals surface area contributed by atoms with Gasteiger partial charge in [-0.15, -0.1) is 0 Å². The van der Waals surface area contributed by atoms with Crippen LogP contribution in [0.4, 0.5) is 5.69 Å². The first-order valence-electron chi connectivity index (χ1n) is 14.2. The van der Waals surface area contributed by atoms with E-state index in [-0.39, 0.29) is 24.5 Å². The lowest BCUT2D eigenvalue weighted by Crippen LogP contribution is -2.18. The van der Waals surface area contributed by atoms with E-state index in [4.69, 9.17) is 49.5 Å². The molecule has 0 saturated heterocycles. The lowest BCUT2D eigenvalue weighted by Gasteiger charge is -2.16. The molecule has 6 rings (SSSR count). The van der Waals surface area contributed by atoms with Gasteiger partial charge in [-0.05, 0) is 86.4 Å². The highest BCUT2D eigenvalue weighted by Crippen LogP contribution is 2.57. The van der Waals surface area contributed by atoms with Crippen LogP contribution in [0.2, 0.25) is 15.1 Å². The summed E-state index contributed by atoms with van der Waals surface area (Å²) in [5.41, 5.74) is 4.77. The van der Waals surface area contributed by atoms with E-state index in [1.54, 1.807) is 24.3 Å². The van der Waals surface area contributed by atoms with Crippen molar-refractivity contribution in [3.05, 3.63) is 97.7 Å². The summed E-state index contributed by atoms with van der Waals surface area (Å²) in [6, 6.07) is 16.8. The molecule has 10 heteroatoms. The molecule has 2 saturated carbocycles. The van der Waals surface area contributed by atoms with E-state index in [1.807, 2.05) is 44.2 Å². The second-order valence-electron chi connectivity index (χ2n) is 11.4. The number of aliphatic carboxylic acids is 1. The maximum Gasteiger partial charge on any atom is 0.354 e. The van der Waals surface area contributed by atoms with Crippen LogP contribution < -0.4 is 10.1 Å². The normalized spacial score (nSPS) is 17.6. The highest BCUT2D eigenvalue weighted by atomic mass is 35.5. The van der Waals surface area contributed by atoms with Crippen molar-refractivity contribution in [1.29, 1.82) is 5.41 Å². The number of aromatic nitrogens is 1. The minimum atomic E-state index is -1.25. The van der Waals surface area contributed by atoms with Crippen molar-refractivity contribution in [3.8, 4) is 17.0 Å². The minimum Gasteiger partial charge on any atom is -0.489 e. The van der Waals surface area contributed by atoms with E-state index in [9.17, 15) is 9.90 Å². The fraction of sp³-hybridized carbons (Fsp3) is 0.303. The van der Waals surface area contributed by atoms with E-state index in [1.165, 1.54) is 0 Å². The molecule has 2 aliphatic rings. The largest absolute Gasteiger partial charge is 0.489 e. The van der Waals surface area contributed by atoms with Crippen LogP contribution in [0.1, 0.15) is 78.9 Å². The van der Waals surface area contributed by atoms with Gasteiger partial charge in [-0.1, -0.05) is 64.2 Å². The van der Waals surface area contributed by atoms with Gasteiger partial charge < -0.3 is 19.7 Å². The van der Waals surface area contributed by atoms with Crippen molar-refractivity contribution in [2.75, 3.05) is 5.32 Å². The number of nitrogens with zero attached hydrogens (tertiary/aromatic N) is 1. The number of hydrogen-bond donors (Lipinski definition) is 3. The molecular weight excluding hydrogens is 609 g/mol. The molecule has 7 nitrogen and oxygen atoms in total. The lowest BCUT2D eigenvalue weighted by molar-refractivity contribution is -0.129. The molecule has 2 unspecified atom stereocenters. The van der Waals surface area contributed by atoms with Crippen LogP contribution in [0.5, 0.6) is 5.75 Å². The number of ether oxygens (including phenoxy) is 1. The summed E-state index contributed by atoms with van der Waals surface area (Å²) in [5.74, 6) is 0.974. The predicted octanol–water partition coefficient (Wildman–Crippen LogP) is 9.30. The van der Waals surface area contributed by atoms with Crippen LogP contribution in [0.3, 0.4) is 0 Å². The first-order valence-corrected chi connectivity index (χ1v) is 15.3. The van der Waals surface area contributed by atoms with E-state index >= 15 is 0 Å². The Morgan fingerprint density at radius 3 is 2.47 bits per heavy atom. The smallest absolute Gasteiger partial charge is 0.354 e. The van der Waals surface area contributed by atoms with Gasteiger partial charge in [0, 0.05) is 33.8 Å². The number of anilines is 1. The third-order valence-corrected chi connectivity index (χ3v) is 8.87. The molecule has 2 atom stereocenters. The fourth-order valence-electron chi connectivity index (χ4n) is 5.57. The number of halogens is 3. The Kier molecular flexibility index (Phi) is 8.16. The molecule has 43 heavy (non-hydrogen) atoms. The van der Waals surface area contributed by atoms with Crippen molar-refractivity contribution in [1.82, 2.24) is 5.16 Å². The molecule has 0 aliphatic heterocycles. The van der Waals surface area contributed by atoms with Crippen LogP contribution >= 0.6 is 34.8 Å². The van der Waals surface area contributed by atoms with Crippen molar-refractivity contribution in [2.24, 2.45) is 0 Å². The van der Waals surface area contributed by atoms with Gasteiger partial charge in [-0.25, -0.2) is 4.79 Å². The number of nitrogens with one attached hydrogen (secondary N) is 2. The van der Waals surface area contributed by atoms with Gasteiger partial charge in [0.2, 0.25) is 0 Å². The molecule has 222 valence electrons. The summed E-state index contributed by atoms with van der Waals surface area (Å²) >= 11 is 19.8. The number of rotatable bonds is 11. The molecule has 3 aromatic carbocycles. The number of hydrogen-bond acceptors (Lipinski definition) is 6. The Morgan fingerprint density at radius 1 is 1.07 bits per heavy atom. The van der Waals surface area contributed by atoms with Crippen molar-refractivity contribution in [2.45, 2.75) is 63.5 Å². The quantitative estimate of drug-likeness (QED) is 0.141. The van der Waals surface area contributed by atoms with Gasteiger partial charge in [-0.3, -0.25) is 5.41 Å². The lowest BCUT2D eigenvalue weighted by atomic mass is 9.99. The van der Waals surface area contributed by atoms with Gasteiger partial charge in [0.05, 0.1) is 15.6 Å². The Labute approximate surface area is 264 Å². The fourth-order valence-corrected chi connectivity index (χ4v) is 6.45. The average Bonchev–Trinajstić information content (AvgIpc) is 3.89. The predicted molar refractivity (Wildman–Crippen MR) is 169 cm³/mol. The number of carboxylic acids is 1. The summed E-state index contributed by atoms with van der Waals surface area (Å²) in [6.45, 7) is 4.19. The van der Waals surface area contributed by atoms with Crippen LogP contribution in [0.25, 0.3) is 11.3 Å². The molecular formula is C33H30Cl3N3O4. The van der Waals surface area contributed by atoms with Gasteiger partial charge in [0.15, 0.2) is 0 Å². The second-order valence-corrected chi connectivity index (χ2v) is 12.7. The molecule has 1 aromatic heterocycles. The number of carboxylic acid groups (broad SMARTS) is 1. The summed E-state index contributed by atoms with van der Waals surface area (Å²) in [4.78, 5) is 11.4. The number of benzene rings is 3. The minimum absolute atomic E-state index is 0.0866. The topological polar surface area (TPSA) is 108 Å². The Balaban J connectivity index is 1.19. The highest BCUT2D eigenvalue weighted by molar-refractivity contribution is 6.42. The zero-order valence-corrected chi connectivity index (χ0v) is 25.9. The van der Waals surface area contributed by atoms with Crippen LogP contribution in [0.15, 0.2) is 59.1 Å². The van der Waals surface area contributed by atoms with E-state index < -0.39 is 11.7 Å². The van der Waals surface area contributed by atoms with Gasteiger partial charge >= 0.3 is 5.97 Å². The van der Waals surface area contributed by atoms with Crippen LogP contribution in [-0.2, 0) is 11.4 Å². The van der Waals surface area contributed by atoms with Crippen LogP contribution in [0, 0.1) is 5.41 Å². The summed E-state index contributed by atoms with van der Waals surface area (Å²) in [6.07, 6.45) is 3.01. The maximum absolute atomic E-state index is 11.4. The Hall–Kier alpha value is -3.52. The maximum atomic E-state index is 11.4. The summed E-state index contributed by atoms with van der Waals surface area (Å²) < 4.78 is 12.0. The van der Waals surface area contributed by atoms with Gasteiger partial charge in [0.25, 0.3) is 0 Å². The van der Waals surface area contributed by atoms with Crippen LogP contribution in [-0.4, -0.2) is 28.0 Å². The molecule has 0 amide bonds. The highest BCUT2D eigenvalue weighted by Gasteiger charge is 2.41. The number of carbonyl (C=O) groups is 1. The van der Waals surface area contributed by atoms with Gasteiger partial charge in [0.1, 0.15) is 29.5 Å². The standard InChI is InChI=1S/C33H30Cl3N3O4/c1-16(2)38-28-12-18(8-10-21(28)30(37)33(40)41)22-14-23(22)20-11-9-19(13-27(20)36)42-15-24-31(39-43-32(24)17-6-7-17)29-25(34)4-3-5-26(29)35/h3-5,8-13,16-17,22-23,37-38H,6-7,14-15H2,1-2H3,(H,40,41). The molecule has 2 fully saturated rings. The molecule has 0 radical (unpaired) electrons. The van der Waals surface area contributed by atoms with E-state index in [0.717, 1.165) is 41.7 Å². The SMILES string of the molecule is CC(C)Nc1cc(C2CC2c2ccc(OCc3c(-c4c(Cl)cccc4Cl)noc3C3CC3)cc2Cl)ccc1C(=N)C(=O)O. The van der Waals surface area contributed by atoms with Crippen molar-refractivity contribution < 1.29 is 19.2 Å². The average molecular weight is 639 g/mol. The first-order chi connectivity index (χ1) is 20.6. The van der Waals surface area contributed by atoms with Gasteiger partial charge in [-0.2, -0.15) is 0 Å². The third-order valence-electron chi connectivity index (χ3n) is 7.91. The third kappa shape index (κ3) is 6.12. The molecule has 1 heterocycles. The molecule has 0 bridgehead atoms. The molecule has 3 N–H and O–H groups in total. The first kappa shape index (κ1) is 29.5. The van der Waals surface area contributed by atoms with E-state index in [2.05, 4.69) is 10.5 Å². The zero-order valence-electron chi connectivity index (χ0n) is 23.6. The monoisotopic (exact) mass is 637 g/mol. The van der Waals surface area contributed by atoms with Crippen molar-refractivity contribution >= 4 is 52.2 Å². The second kappa shape index (κ2) is 11.9. The van der Waals surface area contributed by atoms with Crippen molar-refractivity contribution in [3.63, 3.8) is 0 Å². The van der Waals surface area contributed by atoms with E-state index in [0.29, 0.717) is 49.2 Å².